The van der Waals surface area contributed by atoms with Crippen LogP contribution in [0.5, 0.6) is 0 Å². The maximum Gasteiger partial charge on any atom is 0.230 e. The van der Waals surface area contributed by atoms with Crippen LogP contribution in [0, 0.1) is 0 Å². The number of rotatable bonds is 6. The molecule has 1 aromatic rings. The minimum absolute atomic E-state index is 0.0371. The molecule has 0 aliphatic heterocycles. The number of halogens is 1. The Bertz CT molecular complexity index is 443. The quantitative estimate of drug-likeness (QED) is 0.832. The first-order valence-electron chi connectivity index (χ1n) is 6.30. The number of hydrogen-bond donors (Lipinski definition) is 2. The minimum Gasteiger partial charge on any atom is -0.389 e. The van der Waals surface area contributed by atoms with Gasteiger partial charge in [0.2, 0.25) is 5.91 Å². The van der Waals surface area contributed by atoms with Crippen LogP contribution in [0.2, 0.25) is 5.02 Å². The average molecular weight is 284 g/mol. The molecule has 0 spiro atoms. The summed E-state index contributed by atoms with van der Waals surface area (Å²) in [6.45, 7) is 0.427. The average Bonchev–Trinajstić information content (AvgIpc) is 3.19. The number of benzene rings is 1. The van der Waals surface area contributed by atoms with E-state index in [0.29, 0.717) is 5.02 Å². The Morgan fingerprint density at radius 2 is 2.11 bits per heavy atom. The number of aliphatic hydroxyl groups excluding tert-OH is 1. The maximum absolute atomic E-state index is 12.2. The number of ether oxygens (including phenoxy) is 1. The summed E-state index contributed by atoms with van der Waals surface area (Å²) >= 11 is 5.85. The van der Waals surface area contributed by atoms with Crippen LogP contribution in [-0.2, 0) is 14.9 Å². The molecule has 1 aliphatic carbocycles. The molecule has 19 heavy (non-hydrogen) atoms. The Balaban J connectivity index is 1.96. The van der Waals surface area contributed by atoms with Gasteiger partial charge in [-0.1, -0.05) is 23.7 Å². The van der Waals surface area contributed by atoms with E-state index in [1.165, 1.54) is 7.11 Å². The lowest BCUT2D eigenvalue weighted by molar-refractivity contribution is -0.124. The standard InChI is InChI=1S/C14H18ClNO3/c1-19-9-12(17)8-16-13(18)14(6-7-14)10-2-4-11(15)5-3-10/h2-5,12,17H,6-9H2,1H3,(H,16,18). The van der Waals surface area contributed by atoms with Crippen LogP contribution in [0.1, 0.15) is 18.4 Å². The second-order valence-corrected chi connectivity index (χ2v) is 5.34. The molecule has 2 rings (SSSR count). The van der Waals surface area contributed by atoms with Crippen LogP contribution >= 0.6 is 11.6 Å². The molecule has 1 aliphatic rings. The molecule has 4 nitrogen and oxygen atoms in total. The van der Waals surface area contributed by atoms with Gasteiger partial charge in [0.05, 0.1) is 18.1 Å². The van der Waals surface area contributed by atoms with Crippen LogP contribution in [0.4, 0.5) is 0 Å². The van der Waals surface area contributed by atoms with Crippen molar-refractivity contribution in [1.29, 1.82) is 0 Å². The van der Waals surface area contributed by atoms with Crippen LogP contribution in [-0.4, -0.2) is 37.4 Å². The van der Waals surface area contributed by atoms with Crippen molar-refractivity contribution in [3.63, 3.8) is 0 Å². The summed E-state index contributed by atoms with van der Waals surface area (Å²) in [5.74, 6) is -0.0371. The number of nitrogens with one attached hydrogen (secondary N) is 1. The zero-order valence-electron chi connectivity index (χ0n) is 10.9. The Kier molecular flexibility index (Phi) is 4.45. The smallest absolute Gasteiger partial charge is 0.230 e. The molecule has 1 unspecified atom stereocenters. The number of carbonyl (C=O) groups is 1. The van der Waals surface area contributed by atoms with Crippen molar-refractivity contribution in [1.82, 2.24) is 5.32 Å². The van der Waals surface area contributed by atoms with Crippen LogP contribution in [0.3, 0.4) is 0 Å². The van der Waals surface area contributed by atoms with Crippen molar-refractivity contribution in [2.75, 3.05) is 20.3 Å². The highest BCUT2D eigenvalue weighted by atomic mass is 35.5. The van der Waals surface area contributed by atoms with Crippen molar-refractivity contribution in [3.05, 3.63) is 34.9 Å². The van der Waals surface area contributed by atoms with Crippen LogP contribution in [0.25, 0.3) is 0 Å². The lowest BCUT2D eigenvalue weighted by Gasteiger charge is -2.17. The summed E-state index contributed by atoms with van der Waals surface area (Å²) in [6, 6.07) is 7.37. The molecule has 0 aromatic heterocycles. The van der Waals surface area contributed by atoms with Crippen molar-refractivity contribution in [2.24, 2.45) is 0 Å². The van der Waals surface area contributed by atoms with Gasteiger partial charge >= 0.3 is 0 Å². The Morgan fingerprint density at radius 1 is 1.47 bits per heavy atom. The zero-order chi connectivity index (χ0) is 13.9. The van der Waals surface area contributed by atoms with Crippen molar-refractivity contribution < 1.29 is 14.6 Å². The maximum atomic E-state index is 12.2. The second kappa shape index (κ2) is 5.90. The Hall–Kier alpha value is -1.10. The second-order valence-electron chi connectivity index (χ2n) is 4.91. The van der Waals surface area contributed by atoms with E-state index in [2.05, 4.69) is 5.32 Å². The molecule has 0 heterocycles. The monoisotopic (exact) mass is 283 g/mol. The first kappa shape index (κ1) is 14.3. The molecule has 0 radical (unpaired) electrons. The summed E-state index contributed by atoms with van der Waals surface area (Å²) in [5.41, 5.74) is 0.549. The van der Waals surface area contributed by atoms with E-state index in [0.717, 1.165) is 18.4 Å². The molecule has 1 fully saturated rings. The third kappa shape index (κ3) is 3.26. The summed E-state index contributed by atoms with van der Waals surface area (Å²) in [6.07, 6.45) is 0.997. The molecule has 5 heteroatoms. The van der Waals surface area contributed by atoms with Crippen LogP contribution < -0.4 is 5.32 Å². The van der Waals surface area contributed by atoms with Gasteiger partial charge in [-0.25, -0.2) is 0 Å². The van der Waals surface area contributed by atoms with Gasteiger partial charge in [-0.2, -0.15) is 0 Å². The molecule has 1 atom stereocenters. The van der Waals surface area contributed by atoms with Crippen molar-refractivity contribution in [3.8, 4) is 0 Å². The zero-order valence-corrected chi connectivity index (χ0v) is 11.6. The lowest BCUT2D eigenvalue weighted by atomic mass is 9.95. The molecule has 0 saturated heterocycles. The lowest BCUT2D eigenvalue weighted by Crippen LogP contribution is -2.40. The summed E-state index contributed by atoms with van der Waals surface area (Å²) in [4.78, 5) is 12.2. The van der Waals surface area contributed by atoms with Crippen molar-refractivity contribution in [2.45, 2.75) is 24.4 Å². The first-order valence-corrected chi connectivity index (χ1v) is 6.67. The van der Waals surface area contributed by atoms with E-state index < -0.39 is 11.5 Å². The predicted octanol–water partition coefficient (Wildman–Crippen LogP) is 1.50. The van der Waals surface area contributed by atoms with Gasteiger partial charge < -0.3 is 15.2 Å². The predicted molar refractivity (Wildman–Crippen MR) is 73.3 cm³/mol. The normalized spacial score (nSPS) is 17.8. The number of aliphatic hydroxyl groups is 1. The van der Waals surface area contributed by atoms with Gasteiger partial charge in [-0.15, -0.1) is 0 Å². The molecule has 0 bridgehead atoms. The van der Waals surface area contributed by atoms with E-state index in [1.807, 2.05) is 12.1 Å². The topological polar surface area (TPSA) is 58.6 Å². The van der Waals surface area contributed by atoms with Gasteiger partial charge in [0, 0.05) is 18.7 Å². The summed E-state index contributed by atoms with van der Waals surface area (Å²) in [7, 11) is 1.52. The molecule has 1 amide bonds. The van der Waals surface area contributed by atoms with E-state index in [4.69, 9.17) is 16.3 Å². The summed E-state index contributed by atoms with van der Waals surface area (Å²) in [5, 5.41) is 13.0. The van der Waals surface area contributed by atoms with Gasteiger partial charge in [-0.3, -0.25) is 4.79 Å². The number of amides is 1. The van der Waals surface area contributed by atoms with E-state index in [-0.39, 0.29) is 19.1 Å². The molecule has 2 N–H and O–H groups in total. The molecular weight excluding hydrogens is 266 g/mol. The highest BCUT2D eigenvalue weighted by Gasteiger charge is 2.51. The number of hydrogen-bond acceptors (Lipinski definition) is 3. The Labute approximate surface area is 117 Å². The fraction of sp³-hybridized carbons (Fsp3) is 0.500. The number of methoxy groups -OCH3 is 1. The van der Waals surface area contributed by atoms with E-state index in [9.17, 15) is 9.90 Å². The summed E-state index contributed by atoms with van der Waals surface area (Å²) < 4.78 is 4.82. The van der Waals surface area contributed by atoms with Gasteiger partial charge in [0.1, 0.15) is 0 Å². The van der Waals surface area contributed by atoms with Crippen molar-refractivity contribution >= 4 is 17.5 Å². The van der Waals surface area contributed by atoms with Gasteiger partial charge in [0.15, 0.2) is 0 Å². The van der Waals surface area contributed by atoms with Crippen LogP contribution in [0.15, 0.2) is 24.3 Å². The third-order valence-corrected chi connectivity index (χ3v) is 3.69. The van der Waals surface area contributed by atoms with Gasteiger partial charge in [-0.05, 0) is 30.5 Å². The minimum atomic E-state index is -0.671. The first-order chi connectivity index (χ1) is 9.08. The Morgan fingerprint density at radius 3 is 2.63 bits per heavy atom. The largest absolute Gasteiger partial charge is 0.389 e. The van der Waals surface area contributed by atoms with E-state index >= 15 is 0 Å². The number of carbonyl (C=O) groups excluding carboxylic acids is 1. The fourth-order valence-electron chi connectivity index (χ4n) is 2.17. The van der Waals surface area contributed by atoms with Gasteiger partial charge in [0.25, 0.3) is 0 Å². The SMILES string of the molecule is COCC(O)CNC(=O)C1(c2ccc(Cl)cc2)CC1. The third-order valence-electron chi connectivity index (χ3n) is 3.44. The highest BCUT2D eigenvalue weighted by Crippen LogP contribution is 2.48. The molecule has 1 aromatic carbocycles. The molecule has 1 saturated carbocycles. The van der Waals surface area contributed by atoms with E-state index in [1.54, 1.807) is 12.1 Å². The molecular formula is C14H18ClNO3. The fourth-order valence-corrected chi connectivity index (χ4v) is 2.30. The highest BCUT2D eigenvalue weighted by molar-refractivity contribution is 6.30. The molecule has 104 valence electrons.